The zero-order valence-electron chi connectivity index (χ0n) is 13.5. The molecule has 0 bridgehead atoms. The first kappa shape index (κ1) is 16.1. The number of nitrogens with one attached hydrogen (secondary N) is 1. The number of nitrogens with zero attached hydrogens (tertiary/aromatic N) is 3. The van der Waals surface area contributed by atoms with Gasteiger partial charge in [-0.05, 0) is 48.9 Å². The summed E-state index contributed by atoms with van der Waals surface area (Å²) in [5.41, 5.74) is 1.23. The first-order chi connectivity index (χ1) is 11.2. The van der Waals surface area contributed by atoms with E-state index in [-0.39, 0.29) is 0 Å². The summed E-state index contributed by atoms with van der Waals surface area (Å²) < 4.78 is 0. The summed E-state index contributed by atoms with van der Waals surface area (Å²) >= 11 is 6.01. The Hall–Kier alpha value is -1.81. The van der Waals surface area contributed by atoms with E-state index < -0.39 is 0 Å². The van der Waals surface area contributed by atoms with Crippen LogP contribution in [0.25, 0.3) is 0 Å². The first-order valence-corrected chi connectivity index (χ1v) is 8.65. The monoisotopic (exact) mass is 330 g/mol. The lowest BCUT2D eigenvalue weighted by molar-refractivity contribution is 0.434. The van der Waals surface area contributed by atoms with E-state index >= 15 is 0 Å². The molecular weight excluding hydrogens is 308 g/mol. The van der Waals surface area contributed by atoms with Crippen LogP contribution in [-0.4, -0.2) is 29.6 Å². The predicted molar refractivity (Wildman–Crippen MR) is 96.3 cm³/mol. The van der Waals surface area contributed by atoms with Crippen LogP contribution in [0.1, 0.15) is 25.3 Å². The summed E-state index contributed by atoms with van der Waals surface area (Å²) in [5, 5.41) is 4.16. The lowest BCUT2D eigenvalue weighted by Gasteiger charge is -2.30. The van der Waals surface area contributed by atoms with E-state index in [2.05, 4.69) is 33.2 Å². The Kier molecular flexibility index (Phi) is 5.34. The smallest absolute Gasteiger partial charge is 0.227 e. The van der Waals surface area contributed by atoms with Gasteiger partial charge in [-0.15, -0.1) is 0 Å². The van der Waals surface area contributed by atoms with Crippen molar-refractivity contribution in [2.24, 2.45) is 5.92 Å². The Bertz CT molecular complexity index is 638. The van der Waals surface area contributed by atoms with Gasteiger partial charge < -0.3 is 10.2 Å². The minimum absolute atomic E-state index is 0.783. The maximum Gasteiger partial charge on any atom is 0.227 e. The standard InChI is InChI=1S/C18H23ClN4/c1-14-7-11-23(12-8-14)18-21-10-6-17(22-18)20-9-5-15-3-2-4-16(19)13-15/h2-4,6,10,13-14H,5,7-9,11-12H2,1H3,(H,20,21,22). The van der Waals surface area contributed by atoms with Gasteiger partial charge in [-0.25, -0.2) is 4.98 Å². The van der Waals surface area contributed by atoms with Gasteiger partial charge in [0.15, 0.2) is 0 Å². The van der Waals surface area contributed by atoms with Crippen LogP contribution in [0.15, 0.2) is 36.5 Å². The zero-order chi connectivity index (χ0) is 16.1. The van der Waals surface area contributed by atoms with E-state index in [1.807, 2.05) is 30.5 Å². The molecule has 5 heteroatoms. The quantitative estimate of drug-likeness (QED) is 0.899. The van der Waals surface area contributed by atoms with Gasteiger partial charge >= 0.3 is 0 Å². The second kappa shape index (κ2) is 7.64. The van der Waals surface area contributed by atoms with Crippen LogP contribution in [0.3, 0.4) is 0 Å². The van der Waals surface area contributed by atoms with Gasteiger partial charge in [0.1, 0.15) is 5.82 Å². The van der Waals surface area contributed by atoms with Crippen LogP contribution in [0.5, 0.6) is 0 Å². The third-order valence-corrected chi connectivity index (χ3v) is 4.55. The molecule has 3 rings (SSSR count). The van der Waals surface area contributed by atoms with Gasteiger partial charge in [-0.3, -0.25) is 0 Å². The fourth-order valence-electron chi connectivity index (χ4n) is 2.84. The summed E-state index contributed by atoms with van der Waals surface area (Å²) in [6.45, 7) is 5.24. The van der Waals surface area contributed by atoms with Crippen molar-refractivity contribution in [2.75, 3.05) is 29.9 Å². The molecule has 0 spiro atoms. The number of rotatable bonds is 5. The summed E-state index contributed by atoms with van der Waals surface area (Å²) in [7, 11) is 0. The molecule has 0 saturated carbocycles. The molecule has 1 fully saturated rings. The number of piperidine rings is 1. The maximum atomic E-state index is 6.01. The van der Waals surface area contributed by atoms with Crippen molar-refractivity contribution in [3.8, 4) is 0 Å². The fourth-order valence-corrected chi connectivity index (χ4v) is 3.05. The van der Waals surface area contributed by atoms with Crippen LogP contribution < -0.4 is 10.2 Å². The van der Waals surface area contributed by atoms with E-state index in [1.165, 1.54) is 18.4 Å². The molecule has 1 aliphatic heterocycles. The number of hydrogen-bond donors (Lipinski definition) is 1. The average molecular weight is 331 g/mol. The number of aromatic nitrogens is 2. The first-order valence-electron chi connectivity index (χ1n) is 8.27. The van der Waals surface area contributed by atoms with Gasteiger partial charge in [0, 0.05) is 30.9 Å². The van der Waals surface area contributed by atoms with E-state index in [4.69, 9.17) is 11.6 Å². The largest absolute Gasteiger partial charge is 0.370 e. The van der Waals surface area contributed by atoms with Crippen LogP contribution in [0.2, 0.25) is 5.02 Å². The predicted octanol–water partition coefficient (Wildman–Crippen LogP) is 4.02. The molecule has 1 aromatic carbocycles. The Morgan fingerprint density at radius 1 is 1.26 bits per heavy atom. The van der Waals surface area contributed by atoms with Crippen molar-refractivity contribution < 1.29 is 0 Å². The molecular formula is C18H23ClN4. The molecule has 0 radical (unpaired) electrons. The third-order valence-electron chi connectivity index (χ3n) is 4.32. The number of hydrogen-bond acceptors (Lipinski definition) is 4. The van der Waals surface area contributed by atoms with Crippen molar-refractivity contribution in [3.05, 3.63) is 47.1 Å². The molecule has 1 aromatic heterocycles. The van der Waals surface area contributed by atoms with Crippen LogP contribution in [0.4, 0.5) is 11.8 Å². The molecule has 2 heterocycles. The lowest BCUT2D eigenvalue weighted by atomic mass is 10.00. The zero-order valence-corrected chi connectivity index (χ0v) is 14.3. The number of halogens is 1. The Balaban J connectivity index is 1.55. The maximum absolute atomic E-state index is 6.01. The molecule has 0 aliphatic carbocycles. The molecule has 4 nitrogen and oxygen atoms in total. The molecule has 23 heavy (non-hydrogen) atoms. The minimum atomic E-state index is 0.783. The molecule has 0 amide bonds. The van der Waals surface area contributed by atoms with Crippen molar-refractivity contribution in [3.63, 3.8) is 0 Å². The number of anilines is 2. The number of benzene rings is 1. The summed E-state index contributed by atoms with van der Waals surface area (Å²) in [4.78, 5) is 11.4. The van der Waals surface area contributed by atoms with Crippen LogP contribution in [-0.2, 0) is 6.42 Å². The molecule has 122 valence electrons. The van der Waals surface area contributed by atoms with Crippen molar-refractivity contribution in [1.82, 2.24) is 9.97 Å². The third kappa shape index (κ3) is 4.58. The highest BCUT2D eigenvalue weighted by molar-refractivity contribution is 6.30. The van der Waals surface area contributed by atoms with Gasteiger partial charge in [-0.2, -0.15) is 4.98 Å². The summed E-state index contributed by atoms with van der Waals surface area (Å²) in [5.74, 6) is 2.53. The average Bonchev–Trinajstić information content (AvgIpc) is 2.56. The summed E-state index contributed by atoms with van der Waals surface area (Å²) in [6, 6.07) is 9.90. The highest BCUT2D eigenvalue weighted by Crippen LogP contribution is 2.20. The normalized spacial score (nSPS) is 15.7. The summed E-state index contributed by atoms with van der Waals surface area (Å²) in [6.07, 6.45) is 5.19. The molecule has 1 saturated heterocycles. The van der Waals surface area contributed by atoms with Crippen molar-refractivity contribution >= 4 is 23.4 Å². The second-order valence-corrected chi connectivity index (χ2v) is 6.65. The van der Waals surface area contributed by atoms with E-state index in [0.29, 0.717) is 0 Å². The molecule has 0 atom stereocenters. The van der Waals surface area contributed by atoms with E-state index in [0.717, 1.165) is 48.8 Å². The molecule has 2 aromatic rings. The van der Waals surface area contributed by atoms with Crippen LogP contribution >= 0.6 is 11.6 Å². The Morgan fingerprint density at radius 2 is 2.09 bits per heavy atom. The van der Waals surface area contributed by atoms with Crippen LogP contribution in [0, 0.1) is 5.92 Å². The highest BCUT2D eigenvalue weighted by Gasteiger charge is 2.17. The van der Waals surface area contributed by atoms with Crippen molar-refractivity contribution in [1.29, 1.82) is 0 Å². The topological polar surface area (TPSA) is 41.1 Å². The van der Waals surface area contributed by atoms with E-state index in [9.17, 15) is 0 Å². The highest BCUT2D eigenvalue weighted by atomic mass is 35.5. The Morgan fingerprint density at radius 3 is 2.87 bits per heavy atom. The van der Waals surface area contributed by atoms with Gasteiger partial charge in [-0.1, -0.05) is 30.7 Å². The lowest BCUT2D eigenvalue weighted by Crippen LogP contribution is -2.34. The van der Waals surface area contributed by atoms with Gasteiger partial charge in [0.05, 0.1) is 0 Å². The minimum Gasteiger partial charge on any atom is -0.370 e. The van der Waals surface area contributed by atoms with Gasteiger partial charge in [0.2, 0.25) is 5.95 Å². The molecule has 1 aliphatic rings. The van der Waals surface area contributed by atoms with E-state index in [1.54, 1.807) is 0 Å². The molecule has 0 unspecified atom stereocenters. The van der Waals surface area contributed by atoms with Crippen molar-refractivity contribution in [2.45, 2.75) is 26.2 Å². The SMILES string of the molecule is CC1CCN(c2nccc(NCCc3cccc(Cl)c3)n2)CC1. The molecule has 1 N–H and O–H groups in total. The second-order valence-electron chi connectivity index (χ2n) is 6.22. The van der Waals surface area contributed by atoms with Gasteiger partial charge in [0.25, 0.3) is 0 Å². The fraction of sp³-hybridized carbons (Fsp3) is 0.444. The Labute approximate surface area is 142 Å².